The molecule has 94 valence electrons. The summed E-state index contributed by atoms with van der Waals surface area (Å²) in [4.78, 5) is 0. The van der Waals surface area contributed by atoms with Crippen molar-refractivity contribution in [1.29, 1.82) is 0 Å². The second-order valence-corrected chi connectivity index (χ2v) is 4.33. The summed E-state index contributed by atoms with van der Waals surface area (Å²) in [5.74, 6) is 0.244. The lowest BCUT2D eigenvalue weighted by molar-refractivity contribution is 0.0971. The summed E-state index contributed by atoms with van der Waals surface area (Å²) < 4.78 is 0. The predicted octanol–water partition coefficient (Wildman–Crippen LogP) is 2.91. The predicted molar refractivity (Wildman–Crippen MR) is 69.2 cm³/mol. The van der Waals surface area contributed by atoms with Crippen molar-refractivity contribution in [2.24, 2.45) is 11.8 Å². The maximum Gasteiger partial charge on any atom is 0.0600 e. The standard InChI is InChI=1S/C14H26O2/c1-5-11(13(15)7-3)9-10-12(6-2)14(16)8-4/h5-6,11-16H,1-2,7-10H2,3-4H3/t11-,12+,13+,14-. The minimum atomic E-state index is -0.318. The first-order chi connectivity index (χ1) is 7.60. The Bertz CT molecular complexity index is 179. The Morgan fingerprint density at radius 1 is 0.875 bits per heavy atom. The van der Waals surface area contributed by atoms with Gasteiger partial charge < -0.3 is 10.2 Å². The molecule has 0 rings (SSSR count). The molecule has 0 unspecified atom stereocenters. The monoisotopic (exact) mass is 226 g/mol. The topological polar surface area (TPSA) is 40.5 Å². The fourth-order valence-corrected chi connectivity index (χ4v) is 1.93. The van der Waals surface area contributed by atoms with Crippen molar-refractivity contribution in [2.45, 2.75) is 51.7 Å². The van der Waals surface area contributed by atoms with E-state index in [0.29, 0.717) is 0 Å². The maximum absolute atomic E-state index is 9.74. The van der Waals surface area contributed by atoms with Crippen LogP contribution in [0.1, 0.15) is 39.5 Å². The number of aliphatic hydroxyl groups is 2. The van der Waals surface area contributed by atoms with Crippen molar-refractivity contribution >= 4 is 0 Å². The molecular formula is C14H26O2. The lowest BCUT2D eigenvalue weighted by atomic mass is 9.88. The first kappa shape index (κ1) is 15.4. The lowest BCUT2D eigenvalue weighted by Crippen LogP contribution is -2.22. The molecule has 0 spiro atoms. The van der Waals surface area contributed by atoms with Crippen LogP contribution in [0.5, 0.6) is 0 Å². The number of aliphatic hydroxyl groups excluding tert-OH is 2. The lowest BCUT2D eigenvalue weighted by Gasteiger charge is -2.23. The van der Waals surface area contributed by atoms with E-state index in [4.69, 9.17) is 0 Å². The molecule has 16 heavy (non-hydrogen) atoms. The molecule has 0 aliphatic carbocycles. The summed E-state index contributed by atoms with van der Waals surface area (Å²) >= 11 is 0. The molecule has 0 saturated carbocycles. The molecule has 0 aromatic rings. The van der Waals surface area contributed by atoms with Gasteiger partial charge in [-0.1, -0.05) is 26.0 Å². The van der Waals surface area contributed by atoms with E-state index in [1.54, 1.807) is 0 Å². The van der Waals surface area contributed by atoms with Gasteiger partial charge in [-0.05, 0) is 25.7 Å². The molecule has 2 nitrogen and oxygen atoms in total. The molecule has 2 N–H and O–H groups in total. The van der Waals surface area contributed by atoms with E-state index in [2.05, 4.69) is 13.2 Å². The Morgan fingerprint density at radius 3 is 1.38 bits per heavy atom. The van der Waals surface area contributed by atoms with Crippen LogP contribution in [0.15, 0.2) is 25.3 Å². The molecule has 2 heteroatoms. The van der Waals surface area contributed by atoms with Crippen molar-refractivity contribution in [2.75, 3.05) is 0 Å². The molecule has 0 saturated heterocycles. The zero-order valence-corrected chi connectivity index (χ0v) is 10.6. The third-order valence-corrected chi connectivity index (χ3v) is 3.26. The van der Waals surface area contributed by atoms with E-state index in [9.17, 15) is 10.2 Å². The van der Waals surface area contributed by atoms with Crippen LogP contribution < -0.4 is 0 Å². The Labute approximate surface area is 99.7 Å². The fourth-order valence-electron chi connectivity index (χ4n) is 1.93. The Balaban J connectivity index is 4.17. The van der Waals surface area contributed by atoms with Crippen LogP contribution in [0, 0.1) is 11.8 Å². The van der Waals surface area contributed by atoms with Crippen LogP contribution in [0.2, 0.25) is 0 Å². The molecule has 0 radical (unpaired) electrons. The molecule has 0 aliphatic rings. The fraction of sp³-hybridized carbons (Fsp3) is 0.714. The van der Waals surface area contributed by atoms with Crippen LogP contribution in [0.3, 0.4) is 0 Å². The van der Waals surface area contributed by atoms with Crippen molar-refractivity contribution in [3.05, 3.63) is 25.3 Å². The van der Waals surface area contributed by atoms with Crippen LogP contribution in [0.4, 0.5) is 0 Å². The smallest absolute Gasteiger partial charge is 0.0600 e. The van der Waals surface area contributed by atoms with Crippen molar-refractivity contribution in [1.82, 2.24) is 0 Å². The Morgan fingerprint density at radius 2 is 1.19 bits per heavy atom. The highest BCUT2D eigenvalue weighted by molar-refractivity contribution is 4.89. The van der Waals surface area contributed by atoms with E-state index >= 15 is 0 Å². The molecule has 4 atom stereocenters. The highest BCUT2D eigenvalue weighted by Crippen LogP contribution is 2.22. The van der Waals surface area contributed by atoms with Crippen LogP contribution in [0.25, 0.3) is 0 Å². The average Bonchev–Trinajstić information content (AvgIpc) is 2.33. The summed E-state index contributed by atoms with van der Waals surface area (Å²) in [7, 11) is 0. The summed E-state index contributed by atoms with van der Waals surface area (Å²) in [6.45, 7) is 11.4. The van der Waals surface area contributed by atoms with E-state index in [-0.39, 0.29) is 24.0 Å². The van der Waals surface area contributed by atoms with Gasteiger partial charge in [0.15, 0.2) is 0 Å². The average molecular weight is 226 g/mol. The molecule has 0 aliphatic heterocycles. The number of hydrogen-bond acceptors (Lipinski definition) is 2. The second kappa shape index (κ2) is 8.54. The number of hydrogen-bond donors (Lipinski definition) is 2. The van der Waals surface area contributed by atoms with Crippen LogP contribution in [-0.2, 0) is 0 Å². The van der Waals surface area contributed by atoms with E-state index in [1.807, 2.05) is 26.0 Å². The van der Waals surface area contributed by atoms with Gasteiger partial charge in [-0.25, -0.2) is 0 Å². The van der Waals surface area contributed by atoms with Gasteiger partial charge in [0, 0.05) is 11.8 Å². The largest absolute Gasteiger partial charge is 0.393 e. The highest BCUT2D eigenvalue weighted by atomic mass is 16.3. The second-order valence-electron chi connectivity index (χ2n) is 4.33. The Hall–Kier alpha value is -0.600. The first-order valence-electron chi connectivity index (χ1n) is 6.21. The molecule has 0 amide bonds. The third kappa shape index (κ3) is 4.95. The highest BCUT2D eigenvalue weighted by Gasteiger charge is 2.19. The van der Waals surface area contributed by atoms with Crippen molar-refractivity contribution < 1.29 is 10.2 Å². The third-order valence-electron chi connectivity index (χ3n) is 3.26. The zero-order valence-electron chi connectivity index (χ0n) is 10.6. The maximum atomic E-state index is 9.74. The summed E-state index contributed by atoms with van der Waals surface area (Å²) in [6, 6.07) is 0. The minimum absolute atomic E-state index is 0.122. The summed E-state index contributed by atoms with van der Waals surface area (Å²) in [5.41, 5.74) is 0. The quantitative estimate of drug-likeness (QED) is 0.593. The summed E-state index contributed by atoms with van der Waals surface area (Å²) in [6.07, 6.45) is 6.18. The van der Waals surface area contributed by atoms with Crippen LogP contribution in [-0.4, -0.2) is 22.4 Å². The van der Waals surface area contributed by atoms with Gasteiger partial charge in [-0.2, -0.15) is 0 Å². The zero-order chi connectivity index (χ0) is 12.6. The van der Waals surface area contributed by atoms with Gasteiger partial charge >= 0.3 is 0 Å². The Kier molecular flexibility index (Phi) is 8.22. The normalized spacial score (nSPS) is 18.5. The van der Waals surface area contributed by atoms with Gasteiger partial charge in [0.1, 0.15) is 0 Å². The summed E-state index contributed by atoms with van der Waals surface area (Å²) in [5, 5.41) is 19.5. The number of rotatable bonds is 9. The minimum Gasteiger partial charge on any atom is -0.393 e. The van der Waals surface area contributed by atoms with Crippen molar-refractivity contribution in [3.8, 4) is 0 Å². The molecule has 0 aromatic heterocycles. The van der Waals surface area contributed by atoms with Gasteiger partial charge in [-0.3, -0.25) is 0 Å². The van der Waals surface area contributed by atoms with Crippen molar-refractivity contribution in [3.63, 3.8) is 0 Å². The first-order valence-corrected chi connectivity index (χ1v) is 6.21. The molecule has 0 fully saturated rings. The van der Waals surface area contributed by atoms with Gasteiger partial charge in [0.25, 0.3) is 0 Å². The van der Waals surface area contributed by atoms with E-state index < -0.39 is 0 Å². The van der Waals surface area contributed by atoms with E-state index in [0.717, 1.165) is 25.7 Å². The van der Waals surface area contributed by atoms with Gasteiger partial charge in [0.2, 0.25) is 0 Å². The SMILES string of the molecule is C=C[C@H](CC[C@H](C=C)[C@H](O)CC)[C@@H](O)CC. The molecule has 0 bridgehead atoms. The molecular weight excluding hydrogens is 200 g/mol. The molecule has 0 heterocycles. The molecule has 0 aromatic carbocycles. The van der Waals surface area contributed by atoms with Gasteiger partial charge in [-0.15, -0.1) is 13.2 Å². The van der Waals surface area contributed by atoms with E-state index in [1.165, 1.54) is 0 Å². The van der Waals surface area contributed by atoms with Gasteiger partial charge in [0.05, 0.1) is 12.2 Å². The van der Waals surface area contributed by atoms with Crippen LogP contribution >= 0.6 is 0 Å².